The Kier molecular flexibility index (Phi) is 4.25. The molecule has 3 heteroatoms. The lowest BCUT2D eigenvalue weighted by atomic mass is 9.75. The summed E-state index contributed by atoms with van der Waals surface area (Å²) in [4.78, 5) is 0. The third-order valence-electron chi connectivity index (χ3n) is 3.75. The third-order valence-corrected chi connectivity index (χ3v) is 3.75. The first-order valence-corrected chi connectivity index (χ1v) is 6.35. The Morgan fingerprint density at radius 3 is 2.00 bits per heavy atom. The minimum Gasteiger partial charge on any atom is -0.400 e. The van der Waals surface area contributed by atoms with E-state index in [1.165, 1.54) is 18.3 Å². The van der Waals surface area contributed by atoms with Crippen LogP contribution in [0.2, 0.25) is 0 Å². The minimum atomic E-state index is -0.224. The second-order valence-corrected chi connectivity index (χ2v) is 5.56. The van der Waals surface area contributed by atoms with Crippen LogP contribution < -0.4 is 0 Å². The lowest BCUT2D eigenvalue weighted by molar-refractivity contribution is 0.00578. The lowest BCUT2D eigenvalue weighted by Gasteiger charge is -2.32. The molecule has 0 aromatic carbocycles. The Morgan fingerprint density at radius 1 is 1.12 bits per heavy atom. The van der Waals surface area contributed by atoms with Crippen molar-refractivity contribution in [3.05, 3.63) is 11.5 Å². The maximum Gasteiger partial charge on any atom is 0.490 e. The quantitative estimate of drug-likeness (QED) is 0.677. The fourth-order valence-electron chi connectivity index (χ4n) is 1.77. The van der Waals surface area contributed by atoms with Crippen LogP contribution in [0.4, 0.5) is 0 Å². The van der Waals surface area contributed by atoms with Crippen LogP contribution in [-0.2, 0) is 9.31 Å². The van der Waals surface area contributed by atoms with Crippen LogP contribution in [-0.4, -0.2) is 18.3 Å². The molecule has 0 spiro atoms. The van der Waals surface area contributed by atoms with Crippen LogP contribution in [0.3, 0.4) is 0 Å². The van der Waals surface area contributed by atoms with Crippen molar-refractivity contribution in [1.82, 2.24) is 0 Å². The predicted molar refractivity (Wildman–Crippen MR) is 69.4 cm³/mol. The molecule has 0 saturated carbocycles. The molecule has 0 aromatic rings. The summed E-state index contributed by atoms with van der Waals surface area (Å²) in [5, 5.41) is 0. The standard InChI is InChI=1S/C13H25BO2/c1-7-9-10-11(8-2)14-15-12(3,4)13(5,6)16-14/h8H,7,9-10H2,1-6H3/b11-8+. The average molecular weight is 224 g/mol. The summed E-state index contributed by atoms with van der Waals surface area (Å²) in [7, 11) is -0.151. The van der Waals surface area contributed by atoms with Gasteiger partial charge in [0.25, 0.3) is 0 Å². The molecule has 1 aliphatic rings. The summed E-state index contributed by atoms with van der Waals surface area (Å²) in [6.45, 7) is 12.7. The van der Waals surface area contributed by atoms with Gasteiger partial charge in [-0.1, -0.05) is 25.8 Å². The first-order valence-electron chi connectivity index (χ1n) is 6.35. The van der Waals surface area contributed by atoms with E-state index in [9.17, 15) is 0 Å². The van der Waals surface area contributed by atoms with Crippen molar-refractivity contribution in [2.24, 2.45) is 0 Å². The normalized spacial score (nSPS) is 23.9. The number of unbranched alkanes of at least 4 members (excludes halogenated alkanes) is 1. The Morgan fingerprint density at radius 2 is 1.62 bits per heavy atom. The van der Waals surface area contributed by atoms with Gasteiger partial charge in [0.15, 0.2) is 0 Å². The topological polar surface area (TPSA) is 18.5 Å². The highest BCUT2D eigenvalue weighted by molar-refractivity contribution is 6.54. The minimum absolute atomic E-state index is 0.151. The van der Waals surface area contributed by atoms with Crippen LogP contribution in [0.5, 0.6) is 0 Å². The molecule has 1 heterocycles. The van der Waals surface area contributed by atoms with Gasteiger partial charge in [-0.25, -0.2) is 0 Å². The summed E-state index contributed by atoms with van der Waals surface area (Å²) in [5.74, 6) is 0. The molecule has 16 heavy (non-hydrogen) atoms. The van der Waals surface area contributed by atoms with Crippen LogP contribution in [0.1, 0.15) is 60.8 Å². The van der Waals surface area contributed by atoms with E-state index in [2.05, 4.69) is 47.6 Å². The smallest absolute Gasteiger partial charge is 0.400 e. The molecule has 1 saturated heterocycles. The average Bonchev–Trinajstić information content (AvgIpc) is 2.37. The summed E-state index contributed by atoms with van der Waals surface area (Å²) >= 11 is 0. The van der Waals surface area contributed by atoms with E-state index in [1.807, 2.05) is 0 Å². The van der Waals surface area contributed by atoms with Crippen molar-refractivity contribution in [2.75, 3.05) is 0 Å². The van der Waals surface area contributed by atoms with Crippen LogP contribution in [0.15, 0.2) is 11.5 Å². The van der Waals surface area contributed by atoms with Crippen LogP contribution in [0.25, 0.3) is 0 Å². The van der Waals surface area contributed by atoms with Crippen molar-refractivity contribution in [2.45, 2.75) is 72.0 Å². The Labute approximate surface area is 101 Å². The molecule has 0 radical (unpaired) electrons. The molecule has 0 N–H and O–H groups in total. The van der Waals surface area contributed by atoms with Crippen molar-refractivity contribution in [3.8, 4) is 0 Å². The molecule has 0 unspecified atom stereocenters. The van der Waals surface area contributed by atoms with Gasteiger partial charge in [-0.2, -0.15) is 0 Å². The lowest BCUT2D eigenvalue weighted by Crippen LogP contribution is -2.41. The zero-order valence-corrected chi connectivity index (χ0v) is 11.6. The fourth-order valence-corrected chi connectivity index (χ4v) is 1.77. The van der Waals surface area contributed by atoms with Gasteiger partial charge in [-0.05, 0) is 46.5 Å². The van der Waals surface area contributed by atoms with E-state index < -0.39 is 0 Å². The maximum absolute atomic E-state index is 6.02. The second kappa shape index (κ2) is 4.93. The van der Waals surface area contributed by atoms with E-state index in [-0.39, 0.29) is 18.3 Å². The highest BCUT2D eigenvalue weighted by Gasteiger charge is 2.51. The van der Waals surface area contributed by atoms with Gasteiger partial charge in [0, 0.05) is 0 Å². The van der Waals surface area contributed by atoms with E-state index in [0.29, 0.717) is 0 Å². The number of hydrogen-bond acceptors (Lipinski definition) is 2. The van der Waals surface area contributed by atoms with E-state index >= 15 is 0 Å². The molecular weight excluding hydrogens is 199 g/mol. The number of hydrogen-bond donors (Lipinski definition) is 0. The van der Waals surface area contributed by atoms with Gasteiger partial charge in [-0.3, -0.25) is 0 Å². The molecule has 1 fully saturated rings. The van der Waals surface area contributed by atoms with Gasteiger partial charge in [0.1, 0.15) is 0 Å². The summed E-state index contributed by atoms with van der Waals surface area (Å²) in [6.07, 6.45) is 5.61. The summed E-state index contributed by atoms with van der Waals surface area (Å²) in [5.41, 5.74) is 0.830. The molecule has 92 valence electrons. The zero-order chi connectivity index (χ0) is 12.4. The Bertz CT molecular complexity index is 253. The van der Waals surface area contributed by atoms with Gasteiger partial charge >= 0.3 is 7.12 Å². The van der Waals surface area contributed by atoms with Gasteiger partial charge in [0.05, 0.1) is 11.2 Å². The molecule has 1 rings (SSSR count). The third kappa shape index (κ3) is 2.69. The molecule has 0 aliphatic carbocycles. The maximum atomic E-state index is 6.02. The Balaban J connectivity index is 2.70. The number of allylic oxidation sites excluding steroid dienone is 2. The van der Waals surface area contributed by atoms with Crippen molar-refractivity contribution < 1.29 is 9.31 Å². The first kappa shape index (κ1) is 13.8. The first-order chi connectivity index (χ1) is 7.34. The highest BCUT2D eigenvalue weighted by atomic mass is 16.7. The van der Waals surface area contributed by atoms with Crippen molar-refractivity contribution in [1.29, 1.82) is 0 Å². The molecule has 0 atom stereocenters. The Hall–Kier alpha value is -0.275. The SMILES string of the molecule is C/C=C(\CCCC)B1OC(C)(C)C(C)(C)O1. The molecule has 0 amide bonds. The van der Waals surface area contributed by atoms with E-state index in [0.717, 1.165) is 6.42 Å². The van der Waals surface area contributed by atoms with E-state index in [4.69, 9.17) is 9.31 Å². The fraction of sp³-hybridized carbons (Fsp3) is 0.846. The van der Waals surface area contributed by atoms with E-state index in [1.54, 1.807) is 0 Å². The predicted octanol–water partition coefficient (Wildman–Crippen LogP) is 3.75. The van der Waals surface area contributed by atoms with Gasteiger partial charge in [-0.15, -0.1) is 0 Å². The number of rotatable bonds is 4. The highest BCUT2D eigenvalue weighted by Crippen LogP contribution is 2.39. The molecule has 1 aliphatic heterocycles. The molecular formula is C13H25BO2. The van der Waals surface area contributed by atoms with Gasteiger partial charge < -0.3 is 9.31 Å². The summed E-state index contributed by atoms with van der Waals surface area (Å²) < 4.78 is 12.0. The van der Waals surface area contributed by atoms with Gasteiger partial charge in [0.2, 0.25) is 0 Å². The molecule has 2 nitrogen and oxygen atoms in total. The van der Waals surface area contributed by atoms with Crippen molar-refractivity contribution in [3.63, 3.8) is 0 Å². The van der Waals surface area contributed by atoms with Crippen LogP contribution >= 0.6 is 0 Å². The van der Waals surface area contributed by atoms with Crippen LogP contribution in [0, 0.1) is 0 Å². The molecule has 0 bridgehead atoms. The van der Waals surface area contributed by atoms with Crippen molar-refractivity contribution >= 4 is 7.12 Å². The zero-order valence-electron chi connectivity index (χ0n) is 11.6. The second-order valence-electron chi connectivity index (χ2n) is 5.56. The molecule has 0 aromatic heterocycles. The largest absolute Gasteiger partial charge is 0.490 e. The summed E-state index contributed by atoms with van der Waals surface area (Å²) in [6, 6.07) is 0. The monoisotopic (exact) mass is 224 g/mol.